The van der Waals surface area contributed by atoms with Crippen molar-refractivity contribution in [3.05, 3.63) is 66.4 Å². The van der Waals surface area contributed by atoms with Crippen LogP contribution in [0.15, 0.2) is 38.9 Å². The first kappa shape index (κ1) is 19.0. The maximum atomic E-state index is 12.8. The molecule has 0 unspecified atom stereocenters. The molecule has 3 aromatic rings. The summed E-state index contributed by atoms with van der Waals surface area (Å²) in [6.07, 6.45) is 2.46. The number of rotatable bonds is 4. The summed E-state index contributed by atoms with van der Waals surface area (Å²) >= 11 is 13.7. The summed E-state index contributed by atoms with van der Waals surface area (Å²) in [7, 11) is 3.10. The van der Waals surface area contributed by atoms with Gasteiger partial charge in [-0.2, -0.15) is 0 Å². The highest BCUT2D eigenvalue weighted by Crippen LogP contribution is 2.33. The predicted molar refractivity (Wildman–Crippen MR) is 108 cm³/mol. The minimum absolute atomic E-state index is 0.337. The van der Waals surface area contributed by atoms with Crippen molar-refractivity contribution in [2.45, 2.75) is 24.0 Å². The molecule has 0 atom stereocenters. The average molecular weight is 410 g/mol. The molecule has 3 rings (SSSR count). The molecule has 0 saturated heterocycles. The number of hydrogen-bond acceptors (Lipinski definition) is 4. The van der Waals surface area contributed by atoms with Crippen molar-refractivity contribution in [2.24, 2.45) is 14.1 Å². The third kappa shape index (κ3) is 3.29. The van der Waals surface area contributed by atoms with E-state index in [2.05, 4.69) is 4.98 Å². The first-order valence-corrected chi connectivity index (χ1v) is 9.73. The van der Waals surface area contributed by atoms with Crippen molar-refractivity contribution in [1.29, 1.82) is 0 Å². The highest BCUT2D eigenvalue weighted by molar-refractivity contribution is 7.98. The quantitative estimate of drug-likeness (QED) is 0.614. The SMILES string of the molecule is CCc1cnc2c(c1SCc1ccc(Cl)cc1Cl)c(=O)n(C)c(=O)n2C. The average Bonchev–Trinajstić information content (AvgIpc) is 2.63. The Kier molecular flexibility index (Phi) is 5.46. The van der Waals surface area contributed by atoms with E-state index >= 15 is 0 Å². The van der Waals surface area contributed by atoms with E-state index in [0.717, 1.165) is 27.0 Å². The topological polar surface area (TPSA) is 56.9 Å². The van der Waals surface area contributed by atoms with Gasteiger partial charge in [-0.05, 0) is 29.7 Å². The van der Waals surface area contributed by atoms with Crippen LogP contribution in [0, 0.1) is 0 Å². The second kappa shape index (κ2) is 7.47. The van der Waals surface area contributed by atoms with Crippen LogP contribution >= 0.6 is 35.0 Å². The number of fused-ring (bicyclic) bond motifs is 1. The van der Waals surface area contributed by atoms with Crippen molar-refractivity contribution in [1.82, 2.24) is 14.1 Å². The monoisotopic (exact) mass is 409 g/mol. The number of benzene rings is 1. The molecule has 0 bridgehead atoms. The van der Waals surface area contributed by atoms with E-state index in [1.54, 1.807) is 25.4 Å². The third-order valence-electron chi connectivity index (χ3n) is 4.26. The smallest absolute Gasteiger partial charge is 0.280 e. The zero-order valence-electron chi connectivity index (χ0n) is 14.5. The number of pyridine rings is 1. The summed E-state index contributed by atoms with van der Waals surface area (Å²) < 4.78 is 2.51. The first-order chi connectivity index (χ1) is 12.3. The molecule has 0 amide bonds. The van der Waals surface area contributed by atoms with Crippen LogP contribution in [-0.4, -0.2) is 14.1 Å². The molecule has 0 fully saturated rings. The number of hydrogen-bond donors (Lipinski definition) is 0. The molecular formula is C18H17Cl2N3O2S. The van der Waals surface area contributed by atoms with Crippen LogP contribution < -0.4 is 11.2 Å². The molecule has 26 heavy (non-hydrogen) atoms. The standard InChI is InChI=1S/C18H17Cl2N3O2S/c1-4-10-8-21-16-14(17(24)23(3)18(25)22(16)2)15(10)26-9-11-5-6-12(19)7-13(11)20/h5-8H,4,9H2,1-3H3. The minimum atomic E-state index is -0.393. The Balaban J connectivity index is 2.17. The van der Waals surface area contributed by atoms with E-state index in [-0.39, 0.29) is 5.56 Å². The lowest BCUT2D eigenvalue weighted by atomic mass is 10.2. The first-order valence-electron chi connectivity index (χ1n) is 7.99. The molecule has 1 aromatic carbocycles. The van der Waals surface area contributed by atoms with E-state index in [0.29, 0.717) is 26.8 Å². The largest absolute Gasteiger partial charge is 0.332 e. The van der Waals surface area contributed by atoms with Gasteiger partial charge in [0, 0.05) is 41.0 Å². The highest BCUT2D eigenvalue weighted by atomic mass is 35.5. The van der Waals surface area contributed by atoms with Gasteiger partial charge in [0.2, 0.25) is 0 Å². The molecule has 0 spiro atoms. The van der Waals surface area contributed by atoms with Crippen LogP contribution in [0.5, 0.6) is 0 Å². The second-order valence-corrected chi connectivity index (χ2v) is 7.72. The van der Waals surface area contributed by atoms with Gasteiger partial charge in [0.05, 0.1) is 5.39 Å². The Morgan fingerprint density at radius 2 is 1.85 bits per heavy atom. The molecule has 0 aliphatic rings. The van der Waals surface area contributed by atoms with Crippen molar-refractivity contribution in [2.75, 3.05) is 0 Å². The normalized spacial score (nSPS) is 11.3. The molecule has 0 aliphatic heterocycles. The number of aromatic nitrogens is 3. The molecule has 0 N–H and O–H groups in total. The lowest BCUT2D eigenvalue weighted by Gasteiger charge is -2.14. The van der Waals surface area contributed by atoms with Gasteiger partial charge in [-0.25, -0.2) is 9.78 Å². The van der Waals surface area contributed by atoms with E-state index in [1.165, 1.54) is 23.4 Å². The lowest BCUT2D eigenvalue weighted by Crippen LogP contribution is -2.37. The van der Waals surface area contributed by atoms with E-state index in [9.17, 15) is 9.59 Å². The minimum Gasteiger partial charge on any atom is -0.280 e. The van der Waals surface area contributed by atoms with Crippen LogP contribution in [-0.2, 0) is 26.3 Å². The Bertz CT molecular complexity index is 1120. The van der Waals surface area contributed by atoms with Gasteiger partial charge in [0.15, 0.2) is 0 Å². The number of halogens is 2. The van der Waals surface area contributed by atoms with Gasteiger partial charge in [-0.3, -0.25) is 13.9 Å². The molecule has 0 aliphatic carbocycles. The van der Waals surface area contributed by atoms with Crippen LogP contribution in [0.1, 0.15) is 18.1 Å². The summed E-state index contributed by atoms with van der Waals surface area (Å²) in [6, 6.07) is 5.37. The maximum absolute atomic E-state index is 12.8. The highest BCUT2D eigenvalue weighted by Gasteiger charge is 2.17. The van der Waals surface area contributed by atoms with Gasteiger partial charge in [0.25, 0.3) is 5.56 Å². The van der Waals surface area contributed by atoms with E-state index in [4.69, 9.17) is 23.2 Å². The Labute approximate surface area is 164 Å². The van der Waals surface area contributed by atoms with Gasteiger partial charge in [-0.1, -0.05) is 36.2 Å². The fourth-order valence-corrected chi connectivity index (χ4v) is 4.56. The fraction of sp³-hybridized carbons (Fsp3) is 0.278. The van der Waals surface area contributed by atoms with Crippen LogP contribution in [0.3, 0.4) is 0 Å². The second-order valence-electron chi connectivity index (χ2n) is 5.89. The molecule has 5 nitrogen and oxygen atoms in total. The van der Waals surface area contributed by atoms with Gasteiger partial charge >= 0.3 is 5.69 Å². The van der Waals surface area contributed by atoms with Gasteiger partial charge in [-0.15, -0.1) is 11.8 Å². The Hall–Kier alpha value is -1.76. The van der Waals surface area contributed by atoms with Crippen molar-refractivity contribution < 1.29 is 0 Å². The molecule has 0 saturated carbocycles. The summed E-state index contributed by atoms with van der Waals surface area (Å²) in [5, 5.41) is 1.63. The summed E-state index contributed by atoms with van der Waals surface area (Å²) in [6.45, 7) is 2.01. The van der Waals surface area contributed by atoms with Crippen molar-refractivity contribution in [3.63, 3.8) is 0 Å². The predicted octanol–water partition coefficient (Wildman–Crippen LogP) is 3.79. The lowest BCUT2D eigenvalue weighted by molar-refractivity contribution is 0.705. The Morgan fingerprint density at radius 1 is 1.12 bits per heavy atom. The van der Waals surface area contributed by atoms with Crippen molar-refractivity contribution >= 4 is 46.0 Å². The van der Waals surface area contributed by atoms with Crippen LogP contribution in [0.4, 0.5) is 0 Å². The van der Waals surface area contributed by atoms with Gasteiger partial charge < -0.3 is 0 Å². The maximum Gasteiger partial charge on any atom is 0.332 e. The number of aryl methyl sites for hydroxylation is 2. The zero-order valence-corrected chi connectivity index (χ0v) is 16.9. The van der Waals surface area contributed by atoms with Gasteiger partial charge in [0.1, 0.15) is 5.65 Å². The van der Waals surface area contributed by atoms with Crippen LogP contribution in [0.25, 0.3) is 11.0 Å². The zero-order chi connectivity index (χ0) is 19.0. The molecule has 8 heteroatoms. The van der Waals surface area contributed by atoms with Crippen LogP contribution in [0.2, 0.25) is 10.0 Å². The molecular weight excluding hydrogens is 393 g/mol. The Morgan fingerprint density at radius 3 is 2.50 bits per heavy atom. The fourth-order valence-electron chi connectivity index (χ4n) is 2.75. The van der Waals surface area contributed by atoms with E-state index in [1.807, 2.05) is 13.0 Å². The summed E-state index contributed by atoms with van der Waals surface area (Å²) in [5.74, 6) is 0.577. The van der Waals surface area contributed by atoms with E-state index < -0.39 is 5.69 Å². The molecule has 2 heterocycles. The molecule has 2 aromatic heterocycles. The molecule has 0 radical (unpaired) electrons. The summed E-state index contributed by atoms with van der Waals surface area (Å²) in [4.78, 5) is 30.1. The summed E-state index contributed by atoms with van der Waals surface area (Å²) in [5.41, 5.74) is 1.55. The number of nitrogens with zero attached hydrogens (tertiary/aromatic N) is 3. The number of thioether (sulfide) groups is 1. The van der Waals surface area contributed by atoms with Crippen molar-refractivity contribution in [3.8, 4) is 0 Å². The third-order valence-corrected chi connectivity index (χ3v) is 6.06. The molecule has 136 valence electrons.